The molecule has 0 fully saturated rings. The molecule has 0 rings (SSSR count). The number of hydrogen-bond acceptors (Lipinski definition) is 2. The van der Waals surface area contributed by atoms with E-state index in [9.17, 15) is 0 Å². The van der Waals surface area contributed by atoms with E-state index in [0.29, 0.717) is 0 Å². The summed E-state index contributed by atoms with van der Waals surface area (Å²) in [6.07, 6.45) is 8.55. The normalized spacial score (nSPS) is 12.4. The molecule has 0 radical (unpaired) electrons. The molecule has 12 heavy (non-hydrogen) atoms. The molecule has 0 spiro atoms. The molecular weight excluding hydrogens is 150 g/mol. The first kappa shape index (κ1) is 11.5. The van der Waals surface area contributed by atoms with Crippen molar-refractivity contribution in [3.63, 3.8) is 0 Å². The van der Waals surface area contributed by atoms with Gasteiger partial charge in [0.2, 0.25) is 0 Å². The van der Waals surface area contributed by atoms with Crippen LogP contribution in [-0.2, 0) is 4.74 Å². The third-order valence-corrected chi connectivity index (χ3v) is 1.69. The van der Waals surface area contributed by atoms with Crippen LogP contribution in [0, 0.1) is 12.3 Å². The highest BCUT2D eigenvalue weighted by molar-refractivity contribution is 4.98. The van der Waals surface area contributed by atoms with Gasteiger partial charge in [-0.3, -0.25) is 0 Å². The van der Waals surface area contributed by atoms with E-state index in [1.807, 2.05) is 0 Å². The van der Waals surface area contributed by atoms with Crippen LogP contribution in [0.3, 0.4) is 0 Å². The Labute approximate surface area is 75.7 Å². The summed E-state index contributed by atoms with van der Waals surface area (Å²) < 4.78 is 4.93. The summed E-state index contributed by atoms with van der Waals surface area (Å²) in [6, 6.07) is 0.242. The van der Waals surface area contributed by atoms with Crippen LogP contribution < -0.4 is 5.32 Å². The van der Waals surface area contributed by atoms with E-state index in [1.54, 1.807) is 7.11 Å². The van der Waals surface area contributed by atoms with Gasteiger partial charge in [-0.15, -0.1) is 6.42 Å². The van der Waals surface area contributed by atoms with Crippen molar-refractivity contribution >= 4 is 0 Å². The molecule has 1 N–H and O–H groups in total. The van der Waals surface area contributed by atoms with Gasteiger partial charge < -0.3 is 10.1 Å². The Balaban J connectivity index is 3.27. The van der Waals surface area contributed by atoms with Gasteiger partial charge in [0, 0.05) is 13.7 Å². The number of rotatable bonds is 7. The molecule has 1 unspecified atom stereocenters. The van der Waals surface area contributed by atoms with Crippen LogP contribution in [0.5, 0.6) is 0 Å². The van der Waals surface area contributed by atoms with E-state index in [0.717, 1.165) is 32.4 Å². The third-order valence-electron chi connectivity index (χ3n) is 1.69. The van der Waals surface area contributed by atoms with Crippen molar-refractivity contribution in [2.75, 3.05) is 20.3 Å². The van der Waals surface area contributed by atoms with Crippen molar-refractivity contribution < 1.29 is 4.74 Å². The number of terminal acetylenes is 1. The minimum Gasteiger partial charge on any atom is -0.385 e. The Morgan fingerprint density at radius 2 is 2.33 bits per heavy atom. The molecule has 0 saturated heterocycles. The molecular formula is C10H19NO. The molecule has 0 aromatic rings. The number of hydrogen-bond donors (Lipinski definition) is 1. The van der Waals surface area contributed by atoms with Gasteiger partial charge in [-0.05, 0) is 19.4 Å². The molecule has 0 aliphatic rings. The molecule has 0 amide bonds. The lowest BCUT2D eigenvalue weighted by atomic mass is 10.2. The van der Waals surface area contributed by atoms with Crippen LogP contribution in [0.1, 0.15) is 26.2 Å². The fourth-order valence-corrected chi connectivity index (χ4v) is 1.03. The second-order valence-corrected chi connectivity index (χ2v) is 2.81. The minimum atomic E-state index is 0.242. The van der Waals surface area contributed by atoms with Crippen molar-refractivity contribution in [3.05, 3.63) is 0 Å². The van der Waals surface area contributed by atoms with Gasteiger partial charge in [-0.25, -0.2) is 0 Å². The summed E-state index contributed by atoms with van der Waals surface area (Å²) in [7, 11) is 1.71. The smallest absolute Gasteiger partial charge is 0.0686 e. The summed E-state index contributed by atoms with van der Waals surface area (Å²) in [5.41, 5.74) is 0. The Bertz CT molecular complexity index is 128. The number of methoxy groups -OCH3 is 1. The lowest BCUT2D eigenvalue weighted by Gasteiger charge is -2.10. The zero-order valence-corrected chi connectivity index (χ0v) is 8.10. The first-order valence-corrected chi connectivity index (χ1v) is 4.53. The molecule has 70 valence electrons. The van der Waals surface area contributed by atoms with Gasteiger partial charge in [-0.1, -0.05) is 19.3 Å². The van der Waals surface area contributed by atoms with Gasteiger partial charge in [0.05, 0.1) is 6.04 Å². The maximum atomic E-state index is 5.33. The molecule has 0 saturated carbocycles. The van der Waals surface area contributed by atoms with E-state index >= 15 is 0 Å². The Hall–Kier alpha value is -0.520. The number of nitrogens with one attached hydrogen (secondary N) is 1. The third kappa shape index (κ3) is 6.21. The second kappa shape index (κ2) is 8.58. The SMILES string of the molecule is C#CC(CCC)NCCCOC. The molecule has 0 aromatic carbocycles. The zero-order valence-electron chi connectivity index (χ0n) is 8.10. The molecule has 0 bridgehead atoms. The van der Waals surface area contributed by atoms with Gasteiger partial charge in [0.15, 0.2) is 0 Å². The highest BCUT2D eigenvalue weighted by Crippen LogP contribution is 1.94. The predicted molar refractivity (Wildman–Crippen MR) is 52.0 cm³/mol. The van der Waals surface area contributed by atoms with Crippen LogP contribution in [0.25, 0.3) is 0 Å². The van der Waals surface area contributed by atoms with Gasteiger partial charge in [-0.2, -0.15) is 0 Å². The highest BCUT2D eigenvalue weighted by atomic mass is 16.5. The van der Waals surface area contributed by atoms with Crippen LogP contribution >= 0.6 is 0 Å². The van der Waals surface area contributed by atoms with Crippen LogP contribution in [0.2, 0.25) is 0 Å². The van der Waals surface area contributed by atoms with Crippen LogP contribution in [0.4, 0.5) is 0 Å². The standard InChI is InChI=1S/C10H19NO/c1-4-7-10(5-2)11-8-6-9-12-3/h2,10-11H,4,6-9H2,1,3H3. The molecule has 0 heterocycles. The first-order valence-electron chi connectivity index (χ1n) is 4.53. The van der Waals surface area contributed by atoms with Crippen molar-refractivity contribution in [2.24, 2.45) is 0 Å². The van der Waals surface area contributed by atoms with E-state index in [-0.39, 0.29) is 6.04 Å². The summed E-state index contributed by atoms with van der Waals surface area (Å²) in [4.78, 5) is 0. The summed E-state index contributed by atoms with van der Waals surface area (Å²) >= 11 is 0. The molecule has 0 aliphatic carbocycles. The summed E-state index contributed by atoms with van der Waals surface area (Å²) in [5.74, 6) is 2.73. The summed E-state index contributed by atoms with van der Waals surface area (Å²) in [5, 5.41) is 3.29. The minimum absolute atomic E-state index is 0.242. The average Bonchev–Trinajstić information content (AvgIpc) is 2.10. The lowest BCUT2D eigenvalue weighted by Crippen LogP contribution is -2.28. The molecule has 1 atom stereocenters. The van der Waals surface area contributed by atoms with E-state index < -0.39 is 0 Å². The zero-order chi connectivity index (χ0) is 9.23. The van der Waals surface area contributed by atoms with Crippen molar-refractivity contribution in [1.29, 1.82) is 0 Å². The van der Waals surface area contributed by atoms with E-state index in [4.69, 9.17) is 11.2 Å². The van der Waals surface area contributed by atoms with Crippen LogP contribution in [-0.4, -0.2) is 26.3 Å². The average molecular weight is 169 g/mol. The maximum Gasteiger partial charge on any atom is 0.0686 e. The molecule has 2 heteroatoms. The van der Waals surface area contributed by atoms with Crippen LogP contribution in [0.15, 0.2) is 0 Å². The largest absolute Gasteiger partial charge is 0.385 e. The van der Waals surface area contributed by atoms with Gasteiger partial charge >= 0.3 is 0 Å². The fourth-order valence-electron chi connectivity index (χ4n) is 1.03. The van der Waals surface area contributed by atoms with E-state index in [2.05, 4.69) is 18.2 Å². The summed E-state index contributed by atoms with van der Waals surface area (Å²) in [6.45, 7) is 3.89. The van der Waals surface area contributed by atoms with E-state index in [1.165, 1.54) is 0 Å². The Morgan fingerprint density at radius 3 is 2.83 bits per heavy atom. The predicted octanol–water partition coefficient (Wildman–Crippen LogP) is 1.41. The van der Waals surface area contributed by atoms with Crippen molar-refractivity contribution in [2.45, 2.75) is 32.2 Å². The Kier molecular flexibility index (Phi) is 8.20. The number of ether oxygens (including phenoxy) is 1. The molecule has 0 aromatic heterocycles. The van der Waals surface area contributed by atoms with Crippen molar-refractivity contribution in [3.8, 4) is 12.3 Å². The Morgan fingerprint density at radius 1 is 1.58 bits per heavy atom. The monoisotopic (exact) mass is 169 g/mol. The first-order chi connectivity index (χ1) is 5.85. The highest BCUT2D eigenvalue weighted by Gasteiger charge is 2.00. The second-order valence-electron chi connectivity index (χ2n) is 2.81. The van der Waals surface area contributed by atoms with Gasteiger partial charge in [0.25, 0.3) is 0 Å². The van der Waals surface area contributed by atoms with Crippen molar-refractivity contribution in [1.82, 2.24) is 5.32 Å². The quantitative estimate of drug-likeness (QED) is 0.459. The molecule has 2 nitrogen and oxygen atoms in total. The molecule has 0 aliphatic heterocycles. The lowest BCUT2D eigenvalue weighted by molar-refractivity contribution is 0.193. The fraction of sp³-hybridized carbons (Fsp3) is 0.800. The van der Waals surface area contributed by atoms with Gasteiger partial charge in [0.1, 0.15) is 0 Å². The topological polar surface area (TPSA) is 21.3 Å². The maximum absolute atomic E-state index is 5.33.